The van der Waals surface area contributed by atoms with Crippen LogP contribution in [0.1, 0.15) is 43.6 Å². The van der Waals surface area contributed by atoms with Gasteiger partial charge in [0.05, 0.1) is 42.4 Å². The summed E-state index contributed by atoms with van der Waals surface area (Å²) in [7, 11) is -1.90. The van der Waals surface area contributed by atoms with E-state index in [1.807, 2.05) is 36.4 Å². The third kappa shape index (κ3) is 8.71. The summed E-state index contributed by atoms with van der Waals surface area (Å²) in [4.78, 5) is 40.2. The number of para-hydroxylation sites is 1. The molecule has 16 heteroatoms. The van der Waals surface area contributed by atoms with Crippen LogP contribution in [0.5, 0.6) is 5.75 Å². The molecule has 3 aliphatic heterocycles. The topological polar surface area (TPSA) is 154 Å². The standard InChI is InChI=1S/C42H48ClN9O5S/c1-57-37-26-32(10-12-35(37)46-42-44-27-34(43)40(48-42)45-36-5-3-4-30-17-21-52(39(30)36)58(2,55)56)51-24-22-49(23-25-51)18-14-28-15-19-50(20-16-28)31-8-6-29(7-9-31)33-11-13-38(53)47-41(33)54/h3-10,12,17,21,26-28,33H,11,13-16,18-20,22-25H2,1-2H3,(H,47,53,54)(H2,44,45,46,48). The maximum absolute atomic E-state index is 12.5. The molecular formula is C42H48ClN9O5S. The lowest BCUT2D eigenvalue weighted by molar-refractivity contribution is -0.134. The third-order valence-corrected chi connectivity index (χ3v) is 12.9. The van der Waals surface area contributed by atoms with Crippen molar-refractivity contribution in [2.75, 3.05) is 79.6 Å². The first-order valence-electron chi connectivity index (χ1n) is 19.7. The van der Waals surface area contributed by atoms with Crippen molar-refractivity contribution in [1.82, 2.24) is 24.2 Å². The first-order valence-corrected chi connectivity index (χ1v) is 22.0. The number of rotatable bonds is 12. The Bertz CT molecular complexity index is 2410. The number of imide groups is 1. The van der Waals surface area contributed by atoms with Gasteiger partial charge in [-0.2, -0.15) is 4.98 Å². The summed E-state index contributed by atoms with van der Waals surface area (Å²) in [5.41, 5.74) is 4.99. The molecule has 8 rings (SSSR count). The molecule has 3 N–H and O–H groups in total. The summed E-state index contributed by atoms with van der Waals surface area (Å²) in [6, 6.07) is 21.6. The second-order valence-electron chi connectivity index (χ2n) is 15.3. The number of aromatic nitrogens is 3. The average Bonchev–Trinajstić information content (AvgIpc) is 3.69. The molecule has 1 atom stereocenters. The lowest BCUT2D eigenvalue weighted by Gasteiger charge is -2.38. The molecule has 3 fully saturated rings. The van der Waals surface area contributed by atoms with E-state index in [1.54, 1.807) is 19.2 Å². The normalized spacial score (nSPS) is 18.4. The van der Waals surface area contributed by atoms with Gasteiger partial charge < -0.3 is 25.2 Å². The van der Waals surface area contributed by atoms with Gasteiger partial charge in [-0.15, -0.1) is 0 Å². The molecule has 304 valence electrons. The molecule has 1 unspecified atom stereocenters. The molecule has 3 saturated heterocycles. The van der Waals surface area contributed by atoms with Gasteiger partial charge in [-0.25, -0.2) is 17.4 Å². The number of anilines is 6. The fourth-order valence-electron chi connectivity index (χ4n) is 8.29. The zero-order valence-corrected chi connectivity index (χ0v) is 34.2. The molecule has 2 amide bonds. The van der Waals surface area contributed by atoms with E-state index in [4.69, 9.17) is 16.3 Å². The smallest absolute Gasteiger partial charge is 0.236 e. The number of hydrogen-bond acceptors (Lipinski definition) is 12. The van der Waals surface area contributed by atoms with Crippen LogP contribution in [0.25, 0.3) is 10.9 Å². The fourth-order valence-corrected chi connectivity index (χ4v) is 9.24. The Kier molecular flexibility index (Phi) is 11.5. The largest absolute Gasteiger partial charge is 0.494 e. The van der Waals surface area contributed by atoms with Crippen LogP contribution in [-0.4, -0.2) is 98.3 Å². The van der Waals surface area contributed by atoms with Gasteiger partial charge in [0.25, 0.3) is 0 Å². The highest BCUT2D eigenvalue weighted by atomic mass is 35.5. The molecule has 0 spiro atoms. The van der Waals surface area contributed by atoms with Gasteiger partial charge in [-0.1, -0.05) is 35.9 Å². The van der Waals surface area contributed by atoms with Crippen LogP contribution in [-0.2, 0) is 19.6 Å². The third-order valence-electron chi connectivity index (χ3n) is 11.6. The molecule has 0 bridgehead atoms. The number of ether oxygens (including phenoxy) is 1. The molecule has 0 saturated carbocycles. The van der Waals surface area contributed by atoms with Gasteiger partial charge in [-0.05, 0) is 80.1 Å². The number of amides is 2. The first-order chi connectivity index (χ1) is 28.0. The fraction of sp³-hybridized carbons (Fsp3) is 0.381. The molecule has 5 aromatic rings. The predicted octanol–water partition coefficient (Wildman–Crippen LogP) is 6.34. The van der Waals surface area contributed by atoms with Gasteiger partial charge in [-0.3, -0.25) is 19.8 Å². The zero-order valence-electron chi connectivity index (χ0n) is 32.7. The van der Waals surface area contributed by atoms with Crippen molar-refractivity contribution in [2.45, 2.75) is 38.0 Å². The van der Waals surface area contributed by atoms with Gasteiger partial charge in [0.1, 0.15) is 10.8 Å². The molecule has 2 aromatic heterocycles. The predicted molar refractivity (Wildman–Crippen MR) is 229 cm³/mol. The van der Waals surface area contributed by atoms with E-state index in [-0.39, 0.29) is 22.8 Å². The summed E-state index contributed by atoms with van der Waals surface area (Å²) in [6.07, 6.45) is 8.68. The SMILES string of the molecule is COc1cc(N2CCN(CCC3CCN(c4ccc(C5CCC(=O)NC5=O)cc4)CC3)CC2)ccc1Nc1ncc(Cl)c(Nc2cccc3ccn(S(C)(=O)=O)c23)n1. The van der Waals surface area contributed by atoms with Crippen molar-refractivity contribution in [3.8, 4) is 5.75 Å². The van der Waals surface area contributed by atoms with Crippen LogP contribution in [0.15, 0.2) is 79.1 Å². The lowest BCUT2D eigenvalue weighted by atomic mass is 9.90. The van der Waals surface area contributed by atoms with E-state index in [2.05, 4.69) is 58.8 Å². The van der Waals surface area contributed by atoms with Crippen LogP contribution in [0, 0.1) is 5.92 Å². The maximum atomic E-state index is 12.5. The Morgan fingerprint density at radius 3 is 2.34 bits per heavy atom. The summed E-state index contributed by atoms with van der Waals surface area (Å²) in [5, 5.41) is 9.96. The van der Waals surface area contributed by atoms with Crippen molar-refractivity contribution < 1.29 is 22.7 Å². The van der Waals surface area contributed by atoms with E-state index in [1.165, 1.54) is 41.3 Å². The Hall–Kier alpha value is -5.38. The Morgan fingerprint density at radius 2 is 1.62 bits per heavy atom. The highest BCUT2D eigenvalue weighted by molar-refractivity contribution is 7.89. The molecular weight excluding hydrogens is 778 g/mol. The van der Waals surface area contributed by atoms with Crippen molar-refractivity contribution in [2.24, 2.45) is 5.92 Å². The minimum Gasteiger partial charge on any atom is -0.494 e. The summed E-state index contributed by atoms with van der Waals surface area (Å²) in [6.45, 7) is 7.01. The molecule has 0 aliphatic carbocycles. The van der Waals surface area contributed by atoms with E-state index in [0.29, 0.717) is 53.2 Å². The maximum Gasteiger partial charge on any atom is 0.236 e. The van der Waals surface area contributed by atoms with Gasteiger partial charge >= 0.3 is 0 Å². The number of carbonyl (C=O) groups excluding carboxylic acids is 2. The highest BCUT2D eigenvalue weighted by Gasteiger charge is 2.28. The lowest BCUT2D eigenvalue weighted by Crippen LogP contribution is -2.47. The number of piperidine rings is 2. The summed E-state index contributed by atoms with van der Waals surface area (Å²) >= 11 is 6.50. The summed E-state index contributed by atoms with van der Waals surface area (Å²) in [5.74, 6) is 1.36. The van der Waals surface area contributed by atoms with Crippen molar-refractivity contribution >= 4 is 78.9 Å². The van der Waals surface area contributed by atoms with Gasteiger partial charge in [0.15, 0.2) is 5.82 Å². The van der Waals surface area contributed by atoms with E-state index in [9.17, 15) is 18.0 Å². The molecule has 14 nitrogen and oxygen atoms in total. The minimum absolute atomic E-state index is 0.183. The van der Waals surface area contributed by atoms with Gasteiger partial charge in [0.2, 0.25) is 27.8 Å². The van der Waals surface area contributed by atoms with Crippen LogP contribution >= 0.6 is 11.6 Å². The quantitative estimate of drug-likeness (QED) is 0.120. The zero-order chi connectivity index (χ0) is 40.4. The molecule has 5 heterocycles. The number of hydrogen-bond donors (Lipinski definition) is 3. The number of piperazine rings is 1. The second-order valence-corrected chi connectivity index (χ2v) is 17.6. The number of nitrogens with one attached hydrogen (secondary N) is 3. The monoisotopic (exact) mass is 825 g/mol. The number of halogens is 1. The molecule has 58 heavy (non-hydrogen) atoms. The summed E-state index contributed by atoms with van der Waals surface area (Å²) < 4.78 is 31.9. The van der Waals surface area contributed by atoms with Gasteiger partial charge in [0, 0.05) is 74.7 Å². The van der Waals surface area contributed by atoms with Crippen LogP contribution in [0.4, 0.5) is 34.5 Å². The van der Waals surface area contributed by atoms with Crippen LogP contribution in [0.2, 0.25) is 5.02 Å². The molecule has 3 aliphatic rings. The Morgan fingerprint density at radius 1 is 0.879 bits per heavy atom. The Balaban J connectivity index is 0.818. The second kappa shape index (κ2) is 16.8. The number of benzene rings is 3. The van der Waals surface area contributed by atoms with E-state index in [0.717, 1.165) is 68.7 Å². The average molecular weight is 826 g/mol. The minimum atomic E-state index is -3.54. The van der Waals surface area contributed by atoms with Crippen molar-refractivity contribution in [3.63, 3.8) is 0 Å². The molecule has 0 radical (unpaired) electrons. The Labute approximate surface area is 343 Å². The van der Waals surface area contributed by atoms with Crippen molar-refractivity contribution in [3.05, 3.63) is 89.7 Å². The van der Waals surface area contributed by atoms with E-state index < -0.39 is 10.0 Å². The number of methoxy groups -OCH3 is 1. The van der Waals surface area contributed by atoms with E-state index >= 15 is 0 Å². The van der Waals surface area contributed by atoms with Crippen LogP contribution in [0.3, 0.4) is 0 Å². The number of carbonyl (C=O) groups is 2. The van der Waals surface area contributed by atoms with Crippen LogP contribution < -0.4 is 30.5 Å². The highest BCUT2D eigenvalue weighted by Crippen LogP contribution is 2.35. The number of nitrogens with zero attached hydrogens (tertiary/aromatic N) is 6. The molecule has 3 aromatic carbocycles. The number of fused-ring (bicyclic) bond motifs is 1. The van der Waals surface area contributed by atoms with Crippen molar-refractivity contribution in [1.29, 1.82) is 0 Å². The first kappa shape index (κ1) is 39.4.